The van der Waals surface area contributed by atoms with Crippen LogP contribution in [-0.4, -0.2) is 65.1 Å². The standard InChI is InChI=1S/C34H41ClFN3O7S/c1-5-28(34(41)37-26-9-7-6-8-10-26)38(21-23-11-14-25(36)15-12-23)33(40)22-39(29-19-24(35)13-17-30(29)44-2)47(42,43)27-16-18-31(45-3)32(20-27)46-4/h11-20,26,28H,5-10,21-22H2,1-4H3,(H,37,41)/t28-/m1/s1. The highest BCUT2D eigenvalue weighted by atomic mass is 35.5. The van der Waals surface area contributed by atoms with E-state index in [-0.39, 0.29) is 52.0 Å². The maximum Gasteiger partial charge on any atom is 0.265 e. The Hall–Kier alpha value is -4.03. The fourth-order valence-electron chi connectivity index (χ4n) is 5.73. The van der Waals surface area contributed by atoms with Gasteiger partial charge in [0.15, 0.2) is 11.5 Å². The highest BCUT2D eigenvalue weighted by Gasteiger charge is 2.36. The zero-order valence-corrected chi connectivity index (χ0v) is 28.6. The minimum absolute atomic E-state index is 0.00859. The number of halogens is 2. The van der Waals surface area contributed by atoms with Crippen molar-refractivity contribution in [1.82, 2.24) is 10.2 Å². The van der Waals surface area contributed by atoms with Crippen molar-refractivity contribution in [2.45, 2.75) is 69.0 Å². The van der Waals surface area contributed by atoms with E-state index in [9.17, 15) is 22.4 Å². The van der Waals surface area contributed by atoms with E-state index >= 15 is 0 Å². The predicted molar refractivity (Wildman–Crippen MR) is 178 cm³/mol. The number of hydrogen-bond donors (Lipinski definition) is 1. The van der Waals surface area contributed by atoms with Gasteiger partial charge in [0.25, 0.3) is 10.0 Å². The van der Waals surface area contributed by atoms with E-state index in [0.29, 0.717) is 11.3 Å². The summed E-state index contributed by atoms with van der Waals surface area (Å²) in [5.41, 5.74) is 0.586. The summed E-state index contributed by atoms with van der Waals surface area (Å²) in [6, 6.07) is 13.2. The van der Waals surface area contributed by atoms with Crippen LogP contribution in [0.2, 0.25) is 5.02 Å². The molecule has 4 rings (SSSR count). The molecule has 0 unspecified atom stereocenters. The molecule has 2 amide bonds. The molecule has 1 saturated carbocycles. The molecule has 0 aliphatic heterocycles. The molecule has 3 aromatic rings. The summed E-state index contributed by atoms with van der Waals surface area (Å²) < 4.78 is 59.7. The lowest BCUT2D eigenvalue weighted by Crippen LogP contribution is -2.54. The second-order valence-electron chi connectivity index (χ2n) is 11.3. The molecular weight excluding hydrogens is 649 g/mol. The average Bonchev–Trinajstić information content (AvgIpc) is 3.07. The number of rotatable bonds is 14. The van der Waals surface area contributed by atoms with Crippen LogP contribution in [0, 0.1) is 5.82 Å². The summed E-state index contributed by atoms with van der Waals surface area (Å²) in [5.74, 6) is -0.807. The Kier molecular flexibility index (Phi) is 12.3. The molecule has 1 aliphatic carbocycles. The lowest BCUT2D eigenvalue weighted by atomic mass is 9.95. The summed E-state index contributed by atoms with van der Waals surface area (Å²) in [6.45, 7) is 1.02. The topological polar surface area (TPSA) is 114 Å². The van der Waals surface area contributed by atoms with Gasteiger partial charge in [-0.25, -0.2) is 12.8 Å². The Labute approximate surface area is 280 Å². The summed E-state index contributed by atoms with van der Waals surface area (Å²) in [5, 5.41) is 3.31. The van der Waals surface area contributed by atoms with Crippen molar-refractivity contribution in [2.75, 3.05) is 32.2 Å². The molecule has 1 aliphatic rings. The zero-order chi connectivity index (χ0) is 34.1. The molecule has 47 heavy (non-hydrogen) atoms. The van der Waals surface area contributed by atoms with Crippen molar-refractivity contribution in [3.05, 3.63) is 77.1 Å². The minimum atomic E-state index is -4.48. The molecule has 254 valence electrons. The van der Waals surface area contributed by atoms with Crippen LogP contribution in [0.1, 0.15) is 51.0 Å². The molecule has 0 aromatic heterocycles. The van der Waals surface area contributed by atoms with Crippen molar-refractivity contribution < 1.29 is 36.6 Å². The van der Waals surface area contributed by atoms with Gasteiger partial charge in [-0.05, 0) is 67.3 Å². The first kappa shape index (κ1) is 35.8. The van der Waals surface area contributed by atoms with E-state index in [1.54, 1.807) is 6.92 Å². The monoisotopic (exact) mass is 689 g/mol. The van der Waals surface area contributed by atoms with Crippen LogP contribution in [0.4, 0.5) is 10.1 Å². The number of hydrogen-bond acceptors (Lipinski definition) is 7. The van der Waals surface area contributed by atoms with E-state index in [1.807, 2.05) is 0 Å². The van der Waals surface area contributed by atoms with Crippen LogP contribution in [-0.2, 0) is 26.2 Å². The molecule has 0 heterocycles. The lowest BCUT2D eigenvalue weighted by molar-refractivity contribution is -0.140. The van der Waals surface area contributed by atoms with Crippen LogP contribution < -0.4 is 23.8 Å². The zero-order valence-electron chi connectivity index (χ0n) is 27.0. The number of amides is 2. The maximum atomic E-state index is 14.4. The number of nitrogens with zero attached hydrogens (tertiary/aromatic N) is 2. The number of benzene rings is 3. The Morgan fingerprint density at radius 3 is 2.17 bits per heavy atom. The Balaban J connectivity index is 1.79. The minimum Gasteiger partial charge on any atom is -0.495 e. The number of methoxy groups -OCH3 is 3. The van der Waals surface area contributed by atoms with Crippen molar-refractivity contribution in [3.63, 3.8) is 0 Å². The molecule has 0 bridgehead atoms. The highest BCUT2D eigenvalue weighted by molar-refractivity contribution is 7.92. The van der Waals surface area contributed by atoms with E-state index < -0.39 is 34.3 Å². The first-order valence-electron chi connectivity index (χ1n) is 15.4. The molecule has 1 atom stereocenters. The van der Waals surface area contributed by atoms with Gasteiger partial charge in [-0.3, -0.25) is 13.9 Å². The second-order valence-corrected chi connectivity index (χ2v) is 13.6. The van der Waals surface area contributed by atoms with E-state index in [0.717, 1.165) is 36.4 Å². The predicted octanol–water partition coefficient (Wildman–Crippen LogP) is 5.96. The van der Waals surface area contributed by atoms with E-state index in [4.69, 9.17) is 25.8 Å². The van der Waals surface area contributed by atoms with Crippen molar-refractivity contribution >= 4 is 39.1 Å². The van der Waals surface area contributed by atoms with Gasteiger partial charge in [0.05, 0.1) is 31.9 Å². The molecule has 10 nitrogen and oxygen atoms in total. The number of ether oxygens (including phenoxy) is 3. The highest BCUT2D eigenvalue weighted by Crippen LogP contribution is 2.37. The third kappa shape index (κ3) is 8.66. The number of carbonyl (C=O) groups excluding carboxylic acids is 2. The summed E-state index contributed by atoms with van der Waals surface area (Å²) >= 11 is 6.33. The molecule has 0 radical (unpaired) electrons. The summed E-state index contributed by atoms with van der Waals surface area (Å²) in [4.78, 5) is 29.3. The first-order valence-corrected chi connectivity index (χ1v) is 17.3. The number of anilines is 1. The van der Waals surface area contributed by atoms with Crippen molar-refractivity contribution in [2.24, 2.45) is 0 Å². The number of sulfonamides is 1. The van der Waals surface area contributed by atoms with Crippen LogP contribution in [0.5, 0.6) is 17.2 Å². The molecule has 13 heteroatoms. The smallest absolute Gasteiger partial charge is 0.265 e. The average molecular weight is 690 g/mol. The molecule has 1 N–H and O–H groups in total. The van der Waals surface area contributed by atoms with Gasteiger partial charge in [0, 0.05) is 23.7 Å². The molecule has 3 aromatic carbocycles. The van der Waals surface area contributed by atoms with Crippen LogP contribution >= 0.6 is 11.6 Å². The Morgan fingerprint density at radius 1 is 0.915 bits per heavy atom. The fourth-order valence-corrected chi connectivity index (χ4v) is 7.32. The summed E-state index contributed by atoms with van der Waals surface area (Å²) in [7, 11) is -0.298. The van der Waals surface area contributed by atoms with Crippen LogP contribution in [0.25, 0.3) is 0 Å². The van der Waals surface area contributed by atoms with Gasteiger partial charge >= 0.3 is 0 Å². The van der Waals surface area contributed by atoms with Gasteiger partial charge in [-0.1, -0.05) is 49.9 Å². The van der Waals surface area contributed by atoms with Crippen LogP contribution in [0.3, 0.4) is 0 Å². The van der Waals surface area contributed by atoms with Crippen molar-refractivity contribution in [3.8, 4) is 17.2 Å². The largest absolute Gasteiger partial charge is 0.495 e. The van der Waals surface area contributed by atoms with Crippen LogP contribution in [0.15, 0.2) is 65.6 Å². The molecular formula is C34H41ClFN3O7S. The second kappa shape index (κ2) is 16.2. The molecule has 0 spiro atoms. The van der Waals surface area contributed by atoms with Crippen molar-refractivity contribution in [1.29, 1.82) is 0 Å². The quantitative estimate of drug-likeness (QED) is 0.222. The lowest BCUT2D eigenvalue weighted by Gasteiger charge is -2.34. The Bertz CT molecular complexity index is 1650. The summed E-state index contributed by atoms with van der Waals surface area (Å²) in [6.07, 6.45) is 5.07. The normalized spacial score (nSPS) is 14.2. The third-order valence-electron chi connectivity index (χ3n) is 8.24. The molecule has 0 saturated heterocycles. The number of carbonyl (C=O) groups is 2. The van der Waals surface area contributed by atoms with Gasteiger partial charge in [-0.2, -0.15) is 0 Å². The first-order chi connectivity index (χ1) is 22.5. The fraction of sp³-hybridized carbons (Fsp3) is 0.412. The Morgan fingerprint density at radius 2 is 1.55 bits per heavy atom. The van der Waals surface area contributed by atoms with Gasteiger partial charge in [0.2, 0.25) is 11.8 Å². The van der Waals surface area contributed by atoms with E-state index in [2.05, 4.69) is 5.32 Å². The third-order valence-corrected chi connectivity index (χ3v) is 10.2. The SMILES string of the molecule is CC[C@H](C(=O)NC1CCCCC1)N(Cc1ccc(F)cc1)C(=O)CN(c1cc(Cl)ccc1OC)S(=O)(=O)c1ccc(OC)c(OC)c1. The van der Waals surface area contributed by atoms with E-state index in [1.165, 1.54) is 86.9 Å². The number of nitrogens with one attached hydrogen (secondary N) is 1. The molecule has 1 fully saturated rings. The maximum absolute atomic E-state index is 14.4. The van der Waals surface area contributed by atoms with Gasteiger partial charge < -0.3 is 24.4 Å². The van der Waals surface area contributed by atoms with Gasteiger partial charge in [-0.15, -0.1) is 0 Å². The van der Waals surface area contributed by atoms with Gasteiger partial charge in [0.1, 0.15) is 24.2 Å².